The molecule has 1 aliphatic carbocycles. The first kappa shape index (κ1) is 12.7. The molecule has 3 rings (SSSR count). The molecule has 1 unspecified atom stereocenters. The maximum absolute atomic E-state index is 10.7. The molecule has 2 amide bonds. The lowest BCUT2D eigenvalue weighted by atomic mass is 10.1. The number of benzene rings is 1. The summed E-state index contributed by atoms with van der Waals surface area (Å²) in [6.07, 6.45) is 2.48. The Kier molecular flexibility index (Phi) is 3.14. The maximum Gasteiger partial charge on any atom is 0.316 e. The molecule has 1 heterocycles. The minimum absolute atomic E-state index is 0.326. The molecule has 1 aromatic heterocycles. The standard InChI is InChI=1S/C14H16N4O2/c1-8(9-2-3-9)13-17-12(18-20-13)10-4-6-11(7-5-10)16-14(15)19/h4-9H,2-3H2,1H3,(H3,15,16,19). The van der Waals surface area contributed by atoms with E-state index in [9.17, 15) is 4.79 Å². The van der Waals surface area contributed by atoms with Gasteiger partial charge in [-0.15, -0.1) is 0 Å². The van der Waals surface area contributed by atoms with E-state index in [0.29, 0.717) is 29.2 Å². The van der Waals surface area contributed by atoms with Crippen molar-refractivity contribution >= 4 is 11.7 Å². The molecule has 0 aliphatic heterocycles. The van der Waals surface area contributed by atoms with Gasteiger partial charge in [-0.2, -0.15) is 4.98 Å². The van der Waals surface area contributed by atoms with E-state index >= 15 is 0 Å². The summed E-state index contributed by atoms with van der Waals surface area (Å²) in [7, 11) is 0. The van der Waals surface area contributed by atoms with Gasteiger partial charge < -0.3 is 15.6 Å². The average Bonchev–Trinajstić information content (AvgIpc) is 3.16. The number of hydrogen-bond acceptors (Lipinski definition) is 4. The first-order valence-corrected chi connectivity index (χ1v) is 6.64. The summed E-state index contributed by atoms with van der Waals surface area (Å²) < 4.78 is 5.33. The third-order valence-corrected chi connectivity index (χ3v) is 3.57. The number of nitrogens with two attached hydrogens (primary N) is 1. The van der Waals surface area contributed by atoms with Crippen LogP contribution in [0.25, 0.3) is 11.4 Å². The molecule has 104 valence electrons. The molecule has 1 fully saturated rings. The fourth-order valence-corrected chi connectivity index (χ4v) is 2.18. The smallest absolute Gasteiger partial charge is 0.316 e. The van der Waals surface area contributed by atoms with E-state index in [4.69, 9.17) is 10.3 Å². The van der Waals surface area contributed by atoms with Crippen molar-refractivity contribution < 1.29 is 9.32 Å². The van der Waals surface area contributed by atoms with Crippen molar-refractivity contribution in [3.8, 4) is 11.4 Å². The molecule has 0 radical (unpaired) electrons. The van der Waals surface area contributed by atoms with E-state index in [1.807, 2.05) is 12.1 Å². The van der Waals surface area contributed by atoms with Crippen LogP contribution >= 0.6 is 0 Å². The molecule has 0 saturated heterocycles. The number of anilines is 1. The van der Waals surface area contributed by atoms with E-state index in [1.165, 1.54) is 12.8 Å². The van der Waals surface area contributed by atoms with E-state index in [-0.39, 0.29) is 0 Å². The number of aromatic nitrogens is 2. The predicted molar refractivity (Wildman–Crippen MR) is 74.1 cm³/mol. The maximum atomic E-state index is 10.7. The first-order valence-electron chi connectivity index (χ1n) is 6.64. The summed E-state index contributed by atoms with van der Waals surface area (Å²) in [5.41, 5.74) is 6.54. The Morgan fingerprint density at radius 1 is 1.40 bits per heavy atom. The number of carbonyl (C=O) groups excluding carboxylic acids is 1. The Hall–Kier alpha value is -2.37. The summed E-state index contributed by atoms with van der Waals surface area (Å²) in [6, 6.07) is 6.56. The van der Waals surface area contributed by atoms with Gasteiger partial charge in [-0.1, -0.05) is 12.1 Å². The molecule has 2 aromatic rings. The number of nitrogens with one attached hydrogen (secondary N) is 1. The molecule has 1 aliphatic rings. The highest BCUT2D eigenvalue weighted by Gasteiger charge is 2.32. The van der Waals surface area contributed by atoms with Gasteiger partial charge in [0.05, 0.1) is 0 Å². The van der Waals surface area contributed by atoms with Crippen LogP contribution in [0.15, 0.2) is 28.8 Å². The van der Waals surface area contributed by atoms with E-state index in [2.05, 4.69) is 22.4 Å². The molecule has 0 bridgehead atoms. The zero-order valence-corrected chi connectivity index (χ0v) is 11.2. The Balaban J connectivity index is 1.76. The number of amides is 2. The lowest BCUT2D eigenvalue weighted by molar-refractivity contribution is 0.259. The predicted octanol–water partition coefficient (Wildman–Crippen LogP) is 2.74. The number of rotatable bonds is 4. The molecule has 3 N–H and O–H groups in total. The third kappa shape index (κ3) is 2.64. The van der Waals surface area contributed by atoms with Crippen LogP contribution in [0.4, 0.5) is 10.5 Å². The third-order valence-electron chi connectivity index (χ3n) is 3.57. The zero-order valence-electron chi connectivity index (χ0n) is 11.2. The number of hydrogen-bond donors (Lipinski definition) is 2. The lowest BCUT2D eigenvalue weighted by Crippen LogP contribution is -2.19. The van der Waals surface area contributed by atoms with E-state index < -0.39 is 6.03 Å². The molecular weight excluding hydrogens is 256 g/mol. The van der Waals surface area contributed by atoms with Crippen molar-refractivity contribution in [1.82, 2.24) is 10.1 Å². The molecule has 1 saturated carbocycles. The van der Waals surface area contributed by atoms with Gasteiger partial charge in [0.25, 0.3) is 0 Å². The van der Waals surface area contributed by atoms with Crippen LogP contribution in [-0.4, -0.2) is 16.2 Å². The Labute approximate surface area is 116 Å². The molecule has 6 heteroatoms. The van der Waals surface area contributed by atoms with Crippen LogP contribution in [-0.2, 0) is 0 Å². The van der Waals surface area contributed by atoms with Crippen LogP contribution in [0, 0.1) is 5.92 Å². The van der Waals surface area contributed by atoms with Crippen molar-refractivity contribution in [2.24, 2.45) is 11.7 Å². The largest absolute Gasteiger partial charge is 0.351 e. The second kappa shape index (κ2) is 4.96. The van der Waals surface area contributed by atoms with Crippen LogP contribution in [0.3, 0.4) is 0 Å². The van der Waals surface area contributed by atoms with E-state index in [0.717, 1.165) is 5.56 Å². The van der Waals surface area contributed by atoms with Crippen LogP contribution in [0.1, 0.15) is 31.6 Å². The second-order valence-corrected chi connectivity index (χ2v) is 5.15. The second-order valence-electron chi connectivity index (χ2n) is 5.15. The molecule has 6 nitrogen and oxygen atoms in total. The van der Waals surface area contributed by atoms with Gasteiger partial charge >= 0.3 is 6.03 Å². The highest BCUT2D eigenvalue weighted by molar-refractivity contribution is 5.88. The van der Waals surface area contributed by atoms with Gasteiger partial charge in [-0.05, 0) is 43.0 Å². The first-order chi connectivity index (χ1) is 9.63. The SMILES string of the molecule is CC(c1nc(-c2ccc(NC(N)=O)cc2)no1)C1CC1. The van der Waals surface area contributed by atoms with Crippen molar-refractivity contribution in [3.63, 3.8) is 0 Å². The Morgan fingerprint density at radius 2 is 2.10 bits per heavy atom. The van der Waals surface area contributed by atoms with Crippen LogP contribution in [0.2, 0.25) is 0 Å². The normalized spacial score (nSPS) is 15.8. The highest BCUT2D eigenvalue weighted by atomic mass is 16.5. The fraction of sp³-hybridized carbons (Fsp3) is 0.357. The minimum atomic E-state index is -0.585. The van der Waals surface area contributed by atoms with Gasteiger partial charge in [0.2, 0.25) is 11.7 Å². The molecular formula is C14H16N4O2. The van der Waals surface area contributed by atoms with E-state index in [1.54, 1.807) is 12.1 Å². The lowest BCUT2D eigenvalue weighted by Gasteiger charge is -2.02. The monoisotopic (exact) mass is 272 g/mol. The summed E-state index contributed by atoms with van der Waals surface area (Å²) in [4.78, 5) is 15.2. The van der Waals surface area contributed by atoms with Crippen molar-refractivity contribution in [1.29, 1.82) is 0 Å². The van der Waals surface area contributed by atoms with Crippen molar-refractivity contribution in [2.75, 3.05) is 5.32 Å². The summed E-state index contributed by atoms with van der Waals surface area (Å²) >= 11 is 0. The number of urea groups is 1. The molecule has 20 heavy (non-hydrogen) atoms. The summed E-state index contributed by atoms with van der Waals surface area (Å²) in [5, 5.41) is 6.51. The van der Waals surface area contributed by atoms with Gasteiger partial charge in [-0.3, -0.25) is 0 Å². The van der Waals surface area contributed by atoms with Gasteiger partial charge in [0.15, 0.2) is 0 Å². The Morgan fingerprint density at radius 3 is 2.70 bits per heavy atom. The van der Waals surface area contributed by atoms with Crippen LogP contribution in [0.5, 0.6) is 0 Å². The zero-order chi connectivity index (χ0) is 14.1. The number of carbonyl (C=O) groups is 1. The van der Waals surface area contributed by atoms with Crippen LogP contribution < -0.4 is 11.1 Å². The quantitative estimate of drug-likeness (QED) is 0.894. The number of primary amides is 1. The summed E-state index contributed by atoms with van der Waals surface area (Å²) in [6.45, 7) is 2.12. The van der Waals surface area contributed by atoms with Gasteiger partial charge in [0, 0.05) is 17.2 Å². The fourth-order valence-electron chi connectivity index (χ4n) is 2.18. The summed E-state index contributed by atoms with van der Waals surface area (Å²) in [5.74, 6) is 2.28. The average molecular weight is 272 g/mol. The van der Waals surface area contributed by atoms with Gasteiger partial charge in [-0.25, -0.2) is 4.79 Å². The van der Waals surface area contributed by atoms with Crippen molar-refractivity contribution in [3.05, 3.63) is 30.2 Å². The van der Waals surface area contributed by atoms with Crippen molar-refractivity contribution in [2.45, 2.75) is 25.7 Å². The minimum Gasteiger partial charge on any atom is -0.351 e. The molecule has 1 atom stereocenters. The molecule has 1 aromatic carbocycles. The topological polar surface area (TPSA) is 94.0 Å². The van der Waals surface area contributed by atoms with Gasteiger partial charge in [0.1, 0.15) is 0 Å². The Bertz CT molecular complexity index is 616. The molecule has 0 spiro atoms. The number of nitrogens with zero attached hydrogens (tertiary/aromatic N) is 2. The highest BCUT2D eigenvalue weighted by Crippen LogP contribution is 2.41.